The molecule has 6 nitrogen and oxygen atoms in total. The molecule has 168 valence electrons. The van der Waals surface area contributed by atoms with Crippen LogP contribution in [-0.2, 0) is 9.59 Å². The van der Waals surface area contributed by atoms with Crippen molar-refractivity contribution in [2.45, 2.75) is 32.7 Å². The van der Waals surface area contributed by atoms with E-state index < -0.39 is 17.7 Å². The van der Waals surface area contributed by atoms with Crippen LogP contribution in [0.15, 0.2) is 72.6 Å². The number of carbonyl (C=O) groups excluding carboxylic acids is 2. The summed E-state index contributed by atoms with van der Waals surface area (Å²) in [6.45, 7) is 5.99. The Morgan fingerprint density at radius 1 is 1.09 bits per heavy atom. The zero-order valence-electron chi connectivity index (χ0n) is 19.1. The number of ketones is 1. The molecule has 33 heavy (non-hydrogen) atoms. The van der Waals surface area contributed by atoms with Gasteiger partial charge in [-0.15, -0.1) is 0 Å². The number of pyridine rings is 1. The molecule has 3 aromatic rings. The Morgan fingerprint density at radius 3 is 2.42 bits per heavy atom. The number of aliphatic hydroxyl groups is 1. The third-order valence-corrected chi connectivity index (χ3v) is 5.88. The minimum absolute atomic E-state index is 0.0356. The first-order valence-corrected chi connectivity index (χ1v) is 10.8. The first-order chi connectivity index (χ1) is 15.8. The Morgan fingerprint density at radius 2 is 1.82 bits per heavy atom. The second kappa shape index (κ2) is 8.90. The van der Waals surface area contributed by atoms with Gasteiger partial charge in [0.2, 0.25) is 0 Å². The van der Waals surface area contributed by atoms with Crippen molar-refractivity contribution in [3.05, 3.63) is 94.8 Å². The van der Waals surface area contributed by atoms with Crippen LogP contribution in [0.25, 0.3) is 5.76 Å². The van der Waals surface area contributed by atoms with Gasteiger partial charge in [0.1, 0.15) is 11.5 Å². The molecule has 6 heteroatoms. The average molecular weight is 443 g/mol. The fraction of sp³-hybridized carbons (Fsp3) is 0.222. The molecule has 1 aromatic heterocycles. The van der Waals surface area contributed by atoms with Gasteiger partial charge >= 0.3 is 0 Å². The number of aliphatic hydroxyl groups excluding tert-OH is 1. The van der Waals surface area contributed by atoms with Gasteiger partial charge in [0, 0.05) is 23.6 Å². The summed E-state index contributed by atoms with van der Waals surface area (Å²) < 4.78 is 5.44. The van der Waals surface area contributed by atoms with E-state index in [2.05, 4.69) is 4.98 Å². The van der Waals surface area contributed by atoms with Crippen molar-refractivity contribution in [1.82, 2.24) is 4.98 Å². The predicted molar refractivity (Wildman–Crippen MR) is 127 cm³/mol. The molecule has 1 saturated heterocycles. The summed E-state index contributed by atoms with van der Waals surface area (Å²) in [7, 11) is 1.59. The van der Waals surface area contributed by atoms with Gasteiger partial charge in [-0.3, -0.25) is 19.5 Å². The highest BCUT2D eigenvalue weighted by Gasteiger charge is 2.47. The summed E-state index contributed by atoms with van der Waals surface area (Å²) in [5.41, 5.74) is 3.63. The van der Waals surface area contributed by atoms with E-state index in [4.69, 9.17) is 4.74 Å². The number of methoxy groups -OCH3 is 1. The summed E-state index contributed by atoms with van der Waals surface area (Å²) in [4.78, 5) is 32.0. The fourth-order valence-electron chi connectivity index (χ4n) is 4.15. The van der Waals surface area contributed by atoms with Crippen LogP contribution in [0.2, 0.25) is 0 Å². The van der Waals surface area contributed by atoms with E-state index >= 15 is 0 Å². The highest BCUT2D eigenvalue weighted by atomic mass is 16.5. The number of hydrogen-bond acceptors (Lipinski definition) is 5. The molecule has 1 fully saturated rings. The van der Waals surface area contributed by atoms with Crippen molar-refractivity contribution in [3.8, 4) is 5.75 Å². The lowest BCUT2D eigenvalue weighted by atomic mass is 9.93. The van der Waals surface area contributed by atoms with E-state index in [1.165, 1.54) is 4.90 Å². The molecule has 1 amide bonds. The predicted octanol–water partition coefficient (Wildman–Crippen LogP) is 5.15. The van der Waals surface area contributed by atoms with Crippen LogP contribution < -0.4 is 9.64 Å². The van der Waals surface area contributed by atoms with Crippen molar-refractivity contribution in [2.75, 3.05) is 12.0 Å². The molecule has 1 aliphatic heterocycles. The van der Waals surface area contributed by atoms with Crippen LogP contribution in [0, 0.1) is 6.92 Å². The minimum Gasteiger partial charge on any atom is -0.507 e. The number of rotatable bonds is 5. The third-order valence-electron chi connectivity index (χ3n) is 5.88. The fourth-order valence-corrected chi connectivity index (χ4v) is 4.15. The smallest absolute Gasteiger partial charge is 0.300 e. The molecule has 2 heterocycles. The molecule has 1 aliphatic rings. The number of anilines is 1. The zero-order valence-corrected chi connectivity index (χ0v) is 19.1. The maximum atomic E-state index is 13.2. The number of aromatic nitrogens is 1. The Kier molecular flexibility index (Phi) is 6.01. The largest absolute Gasteiger partial charge is 0.507 e. The average Bonchev–Trinajstić information content (AvgIpc) is 3.09. The van der Waals surface area contributed by atoms with E-state index in [-0.39, 0.29) is 17.3 Å². The lowest BCUT2D eigenvalue weighted by Gasteiger charge is -2.25. The van der Waals surface area contributed by atoms with Gasteiger partial charge < -0.3 is 9.84 Å². The van der Waals surface area contributed by atoms with E-state index in [0.717, 1.165) is 11.1 Å². The van der Waals surface area contributed by atoms with Crippen molar-refractivity contribution in [1.29, 1.82) is 0 Å². The second-order valence-corrected chi connectivity index (χ2v) is 8.40. The van der Waals surface area contributed by atoms with Crippen molar-refractivity contribution in [2.24, 2.45) is 0 Å². The Bertz CT molecular complexity index is 1230. The standard InChI is InChI=1S/C27H26N2O4/c1-16(2)21-14-18(9-12-22(21)33-4)25(30)23-24(19-6-5-13-28-15-19)29(27(32)26(23)31)20-10-7-17(3)8-11-20/h5-16,24,30H,1-4H3/b25-23-. The normalized spacial score (nSPS) is 17.6. The van der Waals surface area contributed by atoms with Crippen molar-refractivity contribution < 1.29 is 19.4 Å². The van der Waals surface area contributed by atoms with Crippen LogP contribution in [0.4, 0.5) is 5.69 Å². The molecular formula is C27H26N2O4. The van der Waals surface area contributed by atoms with Gasteiger partial charge in [0.15, 0.2) is 0 Å². The van der Waals surface area contributed by atoms with Crippen LogP contribution in [0.3, 0.4) is 0 Å². The van der Waals surface area contributed by atoms with Gasteiger partial charge in [0.05, 0.1) is 18.7 Å². The molecule has 1 unspecified atom stereocenters. The van der Waals surface area contributed by atoms with Crippen LogP contribution >= 0.6 is 0 Å². The quantitative estimate of drug-likeness (QED) is 0.336. The number of nitrogens with zero attached hydrogens (tertiary/aromatic N) is 2. The van der Waals surface area contributed by atoms with Crippen LogP contribution in [0.5, 0.6) is 5.75 Å². The number of Topliss-reactive ketones (excluding diaryl/α,β-unsaturated/α-hetero) is 1. The Hall–Kier alpha value is -3.93. The van der Waals surface area contributed by atoms with Crippen molar-refractivity contribution in [3.63, 3.8) is 0 Å². The van der Waals surface area contributed by atoms with Gasteiger partial charge in [-0.1, -0.05) is 37.6 Å². The molecule has 1 N–H and O–H groups in total. The van der Waals surface area contributed by atoms with E-state index in [9.17, 15) is 14.7 Å². The van der Waals surface area contributed by atoms with E-state index in [1.54, 1.807) is 62.0 Å². The number of aryl methyl sites for hydroxylation is 1. The molecular weight excluding hydrogens is 416 g/mol. The summed E-state index contributed by atoms with van der Waals surface area (Å²) in [5, 5.41) is 11.3. The molecule has 0 spiro atoms. The maximum Gasteiger partial charge on any atom is 0.300 e. The summed E-state index contributed by atoms with van der Waals surface area (Å²) in [6, 6.07) is 15.4. The third kappa shape index (κ3) is 4.00. The number of hydrogen-bond donors (Lipinski definition) is 1. The molecule has 4 rings (SSSR count). The lowest BCUT2D eigenvalue weighted by Crippen LogP contribution is -2.29. The Balaban J connectivity index is 1.93. The highest BCUT2D eigenvalue weighted by molar-refractivity contribution is 6.51. The monoisotopic (exact) mass is 442 g/mol. The van der Waals surface area contributed by atoms with E-state index in [0.29, 0.717) is 22.6 Å². The van der Waals surface area contributed by atoms with Gasteiger partial charge in [0.25, 0.3) is 11.7 Å². The van der Waals surface area contributed by atoms with E-state index in [1.807, 2.05) is 32.9 Å². The topological polar surface area (TPSA) is 79.7 Å². The van der Waals surface area contributed by atoms with Gasteiger partial charge in [-0.25, -0.2) is 0 Å². The molecule has 2 aromatic carbocycles. The molecule has 0 bridgehead atoms. The first kappa shape index (κ1) is 22.3. The molecule has 0 radical (unpaired) electrons. The molecule has 0 aliphatic carbocycles. The van der Waals surface area contributed by atoms with Gasteiger partial charge in [-0.2, -0.15) is 0 Å². The SMILES string of the molecule is COc1ccc(/C(O)=C2/C(=O)C(=O)N(c3ccc(C)cc3)C2c2cccnc2)cc1C(C)C. The zero-order chi connectivity index (χ0) is 23.7. The lowest BCUT2D eigenvalue weighted by molar-refractivity contribution is -0.132. The van der Waals surface area contributed by atoms with Crippen LogP contribution in [0.1, 0.15) is 48.1 Å². The van der Waals surface area contributed by atoms with Crippen molar-refractivity contribution >= 4 is 23.1 Å². The summed E-state index contributed by atoms with van der Waals surface area (Å²) in [6.07, 6.45) is 3.23. The molecule has 1 atom stereocenters. The highest BCUT2D eigenvalue weighted by Crippen LogP contribution is 2.42. The first-order valence-electron chi connectivity index (χ1n) is 10.8. The number of carbonyl (C=O) groups is 2. The number of amides is 1. The minimum atomic E-state index is -0.800. The van der Waals surface area contributed by atoms with Crippen LogP contribution in [-0.4, -0.2) is 28.9 Å². The summed E-state index contributed by atoms with van der Waals surface area (Å²) in [5.74, 6) is -0.806. The van der Waals surface area contributed by atoms with Gasteiger partial charge in [-0.05, 0) is 60.4 Å². The maximum absolute atomic E-state index is 13.2. The molecule has 0 saturated carbocycles. The summed E-state index contributed by atoms with van der Waals surface area (Å²) >= 11 is 0. The Labute approximate surface area is 193 Å². The number of benzene rings is 2. The number of ether oxygens (including phenoxy) is 1. The second-order valence-electron chi connectivity index (χ2n) is 8.40.